The molecule has 1 aliphatic rings. The van der Waals surface area contributed by atoms with Gasteiger partial charge in [-0.25, -0.2) is 4.39 Å². The third kappa shape index (κ3) is 2.67. The van der Waals surface area contributed by atoms with Crippen molar-refractivity contribution < 1.29 is 9.13 Å². The lowest BCUT2D eigenvalue weighted by atomic mass is 9.79. The molecule has 1 aromatic rings. The molecule has 2 rings (SSSR count). The average molecular weight is 237 g/mol. The highest BCUT2D eigenvalue weighted by Crippen LogP contribution is 2.39. The van der Waals surface area contributed by atoms with Gasteiger partial charge in [0.15, 0.2) is 0 Å². The van der Waals surface area contributed by atoms with Crippen LogP contribution in [0.15, 0.2) is 24.3 Å². The summed E-state index contributed by atoms with van der Waals surface area (Å²) in [4.78, 5) is 0. The average Bonchev–Trinajstić information content (AvgIpc) is 2.40. The molecule has 2 nitrogen and oxygen atoms in total. The normalized spacial score (nSPS) is 21.1. The third-order valence-corrected chi connectivity index (χ3v) is 3.72. The summed E-state index contributed by atoms with van der Waals surface area (Å²) in [7, 11) is 0. The molecule has 94 valence electrons. The van der Waals surface area contributed by atoms with E-state index in [-0.39, 0.29) is 5.92 Å². The summed E-state index contributed by atoms with van der Waals surface area (Å²) >= 11 is 0. The van der Waals surface area contributed by atoms with E-state index in [1.165, 1.54) is 0 Å². The Bertz CT molecular complexity index is 372. The maximum atomic E-state index is 14.9. The molecule has 0 aliphatic carbocycles. The number of alkyl halides is 1. The van der Waals surface area contributed by atoms with Gasteiger partial charge in [0.2, 0.25) is 0 Å². The number of nitrogens with two attached hydrogens (primary N) is 1. The van der Waals surface area contributed by atoms with Crippen molar-refractivity contribution in [3.05, 3.63) is 35.4 Å². The van der Waals surface area contributed by atoms with E-state index in [0.717, 1.165) is 24.0 Å². The van der Waals surface area contributed by atoms with Crippen LogP contribution in [0.3, 0.4) is 0 Å². The molecule has 1 unspecified atom stereocenters. The number of hydrogen-bond acceptors (Lipinski definition) is 2. The molecule has 1 heterocycles. The monoisotopic (exact) mass is 237 g/mol. The molecule has 1 fully saturated rings. The standard InChI is InChI=1S/C14H20FNO/c1-14(15,12-5-7-17-8-6-12)13-4-2-3-11(9-13)10-16/h2-4,9,12H,5-8,10,16H2,1H3. The number of rotatable bonds is 3. The van der Waals surface area contributed by atoms with E-state index in [2.05, 4.69) is 0 Å². The van der Waals surface area contributed by atoms with Crippen LogP contribution in [0.4, 0.5) is 4.39 Å². The Balaban J connectivity index is 2.22. The van der Waals surface area contributed by atoms with E-state index >= 15 is 0 Å². The maximum absolute atomic E-state index is 14.9. The first-order valence-electron chi connectivity index (χ1n) is 6.20. The second-order valence-electron chi connectivity index (χ2n) is 4.87. The van der Waals surface area contributed by atoms with Crippen molar-refractivity contribution in [3.63, 3.8) is 0 Å². The van der Waals surface area contributed by atoms with Crippen LogP contribution in [0.2, 0.25) is 0 Å². The van der Waals surface area contributed by atoms with Crippen molar-refractivity contribution in [2.75, 3.05) is 13.2 Å². The number of halogens is 1. The quantitative estimate of drug-likeness (QED) is 0.877. The molecule has 3 heteroatoms. The smallest absolute Gasteiger partial charge is 0.136 e. The molecule has 0 bridgehead atoms. The summed E-state index contributed by atoms with van der Waals surface area (Å²) in [5, 5.41) is 0. The Morgan fingerprint density at radius 3 is 2.76 bits per heavy atom. The topological polar surface area (TPSA) is 35.2 Å². The van der Waals surface area contributed by atoms with E-state index in [1.807, 2.05) is 24.3 Å². The van der Waals surface area contributed by atoms with Gasteiger partial charge in [-0.15, -0.1) is 0 Å². The lowest BCUT2D eigenvalue weighted by Gasteiger charge is -2.34. The van der Waals surface area contributed by atoms with Crippen LogP contribution >= 0.6 is 0 Å². The van der Waals surface area contributed by atoms with Crippen molar-refractivity contribution in [1.29, 1.82) is 0 Å². The van der Waals surface area contributed by atoms with Crippen molar-refractivity contribution in [1.82, 2.24) is 0 Å². The van der Waals surface area contributed by atoms with Crippen molar-refractivity contribution in [2.24, 2.45) is 11.7 Å². The lowest BCUT2D eigenvalue weighted by molar-refractivity contribution is -0.00501. The Morgan fingerprint density at radius 2 is 2.12 bits per heavy atom. The van der Waals surface area contributed by atoms with Gasteiger partial charge in [-0.3, -0.25) is 0 Å². The van der Waals surface area contributed by atoms with E-state index in [4.69, 9.17) is 10.5 Å². The summed E-state index contributed by atoms with van der Waals surface area (Å²) in [6.07, 6.45) is 1.58. The zero-order valence-electron chi connectivity index (χ0n) is 10.3. The fraction of sp³-hybridized carbons (Fsp3) is 0.571. The van der Waals surface area contributed by atoms with Gasteiger partial charge >= 0.3 is 0 Å². The summed E-state index contributed by atoms with van der Waals surface area (Å²) in [5.41, 5.74) is 6.04. The van der Waals surface area contributed by atoms with E-state index < -0.39 is 5.67 Å². The summed E-state index contributed by atoms with van der Waals surface area (Å²) < 4.78 is 20.2. The minimum absolute atomic E-state index is 0.0456. The zero-order valence-corrected chi connectivity index (χ0v) is 10.3. The predicted octanol–water partition coefficient (Wildman–Crippen LogP) is 2.76. The Morgan fingerprint density at radius 1 is 1.41 bits per heavy atom. The Kier molecular flexibility index (Phi) is 3.79. The molecule has 0 radical (unpaired) electrons. The minimum Gasteiger partial charge on any atom is -0.381 e. The summed E-state index contributed by atoms with van der Waals surface area (Å²) in [5.74, 6) is 0.0456. The molecule has 1 aromatic carbocycles. The molecule has 1 aliphatic heterocycles. The zero-order chi connectivity index (χ0) is 12.3. The fourth-order valence-electron chi connectivity index (χ4n) is 2.48. The van der Waals surface area contributed by atoms with E-state index in [0.29, 0.717) is 19.8 Å². The predicted molar refractivity (Wildman–Crippen MR) is 66.3 cm³/mol. The molecular weight excluding hydrogens is 217 g/mol. The SMILES string of the molecule is CC(F)(c1cccc(CN)c1)C1CCOCC1. The van der Waals surface area contributed by atoms with E-state index in [1.54, 1.807) is 6.92 Å². The van der Waals surface area contributed by atoms with Crippen molar-refractivity contribution in [2.45, 2.75) is 32.0 Å². The molecule has 0 spiro atoms. The fourth-order valence-corrected chi connectivity index (χ4v) is 2.48. The first kappa shape index (κ1) is 12.5. The van der Waals surface area contributed by atoms with Gasteiger partial charge in [-0.05, 0) is 30.9 Å². The second kappa shape index (κ2) is 5.15. The van der Waals surface area contributed by atoms with Crippen molar-refractivity contribution >= 4 is 0 Å². The van der Waals surface area contributed by atoms with Gasteiger partial charge in [0.1, 0.15) is 5.67 Å². The number of hydrogen-bond donors (Lipinski definition) is 1. The Hall–Kier alpha value is -0.930. The summed E-state index contributed by atoms with van der Waals surface area (Å²) in [6, 6.07) is 7.56. The van der Waals surface area contributed by atoms with Crippen LogP contribution in [-0.2, 0) is 17.0 Å². The number of benzene rings is 1. The molecule has 1 atom stereocenters. The van der Waals surface area contributed by atoms with E-state index in [9.17, 15) is 4.39 Å². The van der Waals surface area contributed by atoms with Gasteiger partial charge in [0, 0.05) is 25.7 Å². The van der Waals surface area contributed by atoms with Crippen molar-refractivity contribution in [3.8, 4) is 0 Å². The largest absolute Gasteiger partial charge is 0.381 e. The van der Waals surface area contributed by atoms with Gasteiger partial charge in [-0.1, -0.05) is 24.3 Å². The van der Waals surface area contributed by atoms with Crippen LogP contribution in [0.25, 0.3) is 0 Å². The highest BCUT2D eigenvalue weighted by atomic mass is 19.1. The molecular formula is C14H20FNO. The molecule has 17 heavy (non-hydrogen) atoms. The van der Waals surface area contributed by atoms with Gasteiger partial charge in [0.05, 0.1) is 0 Å². The van der Waals surface area contributed by atoms with Gasteiger partial charge in [-0.2, -0.15) is 0 Å². The molecule has 0 saturated carbocycles. The maximum Gasteiger partial charge on any atom is 0.136 e. The molecule has 2 N–H and O–H groups in total. The highest BCUT2D eigenvalue weighted by Gasteiger charge is 2.36. The molecule has 0 amide bonds. The second-order valence-corrected chi connectivity index (χ2v) is 4.87. The minimum atomic E-state index is -1.28. The first-order valence-corrected chi connectivity index (χ1v) is 6.20. The molecule has 1 saturated heterocycles. The van der Waals surface area contributed by atoms with Gasteiger partial charge in [0.25, 0.3) is 0 Å². The Labute approximate surface area is 102 Å². The first-order chi connectivity index (χ1) is 8.14. The van der Waals surface area contributed by atoms with Crippen LogP contribution in [0, 0.1) is 5.92 Å². The van der Waals surface area contributed by atoms with Crippen LogP contribution in [-0.4, -0.2) is 13.2 Å². The number of ether oxygens (including phenoxy) is 1. The van der Waals surface area contributed by atoms with Crippen LogP contribution in [0.5, 0.6) is 0 Å². The summed E-state index contributed by atoms with van der Waals surface area (Å²) in [6.45, 7) is 3.47. The lowest BCUT2D eigenvalue weighted by Crippen LogP contribution is -2.32. The molecule has 0 aromatic heterocycles. The third-order valence-electron chi connectivity index (χ3n) is 3.72. The van der Waals surface area contributed by atoms with Gasteiger partial charge < -0.3 is 10.5 Å². The van der Waals surface area contributed by atoms with Crippen LogP contribution < -0.4 is 5.73 Å². The van der Waals surface area contributed by atoms with Crippen LogP contribution in [0.1, 0.15) is 30.9 Å². The highest BCUT2D eigenvalue weighted by molar-refractivity contribution is 5.28.